The van der Waals surface area contributed by atoms with Crippen molar-refractivity contribution >= 4 is 22.3 Å². The fourth-order valence-electron chi connectivity index (χ4n) is 1.88. The van der Waals surface area contributed by atoms with Crippen LogP contribution in [0.5, 0.6) is 0 Å². The molecule has 1 aliphatic rings. The minimum atomic E-state index is -0.345. The van der Waals surface area contributed by atoms with Crippen LogP contribution in [0.25, 0.3) is 0 Å². The van der Waals surface area contributed by atoms with E-state index in [1.54, 1.807) is 12.4 Å². The molecule has 0 amide bonds. The molecule has 0 spiro atoms. The molecular formula is C12H18N2O2S. The lowest BCUT2D eigenvalue weighted by molar-refractivity contribution is 0.0521. The number of hydrogen-bond donors (Lipinski definition) is 1. The summed E-state index contributed by atoms with van der Waals surface area (Å²) in [6, 6.07) is 0. The molecule has 0 bridgehead atoms. The third-order valence-electron chi connectivity index (χ3n) is 3.07. The van der Waals surface area contributed by atoms with Crippen LogP contribution in [0.2, 0.25) is 0 Å². The zero-order valence-corrected chi connectivity index (χ0v) is 11.3. The number of aromatic nitrogens is 1. The molecule has 94 valence electrons. The van der Waals surface area contributed by atoms with Crippen molar-refractivity contribution in [1.82, 2.24) is 4.98 Å². The number of hydrogen-bond acceptors (Lipinski definition) is 5. The molecule has 0 unspecified atom stereocenters. The Labute approximate surface area is 105 Å². The molecule has 5 heteroatoms. The third kappa shape index (κ3) is 2.77. The number of nitrogens with one attached hydrogen (secondary N) is 1. The number of ether oxygens (including phenoxy) is 1. The van der Waals surface area contributed by atoms with E-state index in [2.05, 4.69) is 24.1 Å². The number of nitrogens with zero attached hydrogens (tertiary/aromatic N) is 1. The second-order valence-corrected chi connectivity index (χ2v) is 5.73. The van der Waals surface area contributed by atoms with Gasteiger partial charge < -0.3 is 10.1 Å². The van der Waals surface area contributed by atoms with E-state index < -0.39 is 0 Å². The molecule has 0 aromatic carbocycles. The van der Waals surface area contributed by atoms with Crippen molar-refractivity contribution in [1.29, 1.82) is 0 Å². The summed E-state index contributed by atoms with van der Waals surface area (Å²) < 4.78 is 4.98. The fourth-order valence-corrected chi connectivity index (χ4v) is 2.71. The number of esters is 1. The Bertz CT molecular complexity index is 410. The summed E-state index contributed by atoms with van der Waals surface area (Å²) in [5, 5.41) is 4.24. The van der Waals surface area contributed by atoms with Crippen molar-refractivity contribution in [3.8, 4) is 0 Å². The Morgan fingerprint density at radius 2 is 2.35 bits per heavy atom. The van der Waals surface area contributed by atoms with Crippen molar-refractivity contribution in [2.45, 2.75) is 39.2 Å². The average Bonchev–Trinajstić information content (AvgIpc) is 3.01. The Morgan fingerprint density at radius 3 is 2.94 bits per heavy atom. The fraction of sp³-hybridized carbons (Fsp3) is 0.667. The van der Waals surface area contributed by atoms with Gasteiger partial charge in [0.15, 0.2) is 5.69 Å². The number of thiazole rings is 1. The monoisotopic (exact) mass is 254 g/mol. The Hall–Kier alpha value is -1.10. The van der Waals surface area contributed by atoms with E-state index in [4.69, 9.17) is 4.74 Å². The minimum absolute atomic E-state index is 0.0216. The molecule has 0 saturated heterocycles. The Balaban J connectivity index is 2.10. The summed E-state index contributed by atoms with van der Waals surface area (Å²) in [6.45, 7) is 6.51. The van der Waals surface area contributed by atoms with E-state index in [1.807, 2.05) is 0 Å². The number of rotatable bonds is 5. The summed E-state index contributed by atoms with van der Waals surface area (Å²) in [4.78, 5) is 15.8. The summed E-state index contributed by atoms with van der Waals surface area (Å²) in [7, 11) is 0. The molecule has 1 N–H and O–H groups in total. The summed E-state index contributed by atoms with van der Waals surface area (Å²) in [5.74, 6) is 0.350. The van der Waals surface area contributed by atoms with Crippen molar-refractivity contribution < 1.29 is 9.53 Å². The zero-order valence-electron chi connectivity index (χ0n) is 10.4. The van der Waals surface area contributed by atoms with E-state index in [-0.39, 0.29) is 11.5 Å². The van der Waals surface area contributed by atoms with Gasteiger partial charge in [-0.05, 0) is 39.5 Å². The second-order valence-electron chi connectivity index (χ2n) is 4.87. The van der Waals surface area contributed by atoms with E-state index in [0.717, 1.165) is 5.00 Å². The van der Waals surface area contributed by atoms with Crippen LogP contribution in [0, 0.1) is 5.92 Å². The van der Waals surface area contributed by atoms with Gasteiger partial charge in [-0.3, -0.25) is 0 Å². The highest BCUT2D eigenvalue weighted by molar-refractivity contribution is 7.14. The van der Waals surface area contributed by atoms with Crippen LogP contribution in [0.15, 0.2) is 5.51 Å². The predicted octanol–water partition coefficient (Wildman–Crippen LogP) is 2.92. The molecule has 0 aliphatic heterocycles. The maximum atomic E-state index is 11.7. The van der Waals surface area contributed by atoms with Crippen molar-refractivity contribution in [3.05, 3.63) is 11.2 Å². The van der Waals surface area contributed by atoms with E-state index >= 15 is 0 Å². The molecule has 1 aromatic rings. The molecule has 0 atom stereocenters. The number of anilines is 1. The van der Waals surface area contributed by atoms with Gasteiger partial charge in [-0.2, -0.15) is 0 Å². The van der Waals surface area contributed by atoms with Crippen LogP contribution < -0.4 is 5.32 Å². The lowest BCUT2D eigenvalue weighted by Gasteiger charge is -2.26. The van der Waals surface area contributed by atoms with Crippen LogP contribution in [0.4, 0.5) is 5.00 Å². The van der Waals surface area contributed by atoms with Crippen LogP contribution in [-0.4, -0.2) is 23.1 Å². The maximum Gasteiger partial charge on any atom is 0.360 e. The summed E-state index contributed by atoms with van der Waals surface area (Å²) in [6.07, 6.45) is 2.51. The number of carbonyl (C=O) groups is 1. The lowest BCUT2D eigenvalue weighted by atomic mass is 9.99. The molecule has 0 radical (unpaired) electrons. The zero-order chi connectivity index (χ0) is 12.5. The van der Waals surface area contributed by atoms with Crippen molar-refractivity contribution in [2.24, 2.45) is 5.92 Å². The van der Waals surface area contributed by atoms with E-state index in [1.165, 1.54) is 24.2 Å². The van der Waals surface area contributed by atoms with Gasteiger partial charge in [0, 0.05) is 5.54 Å². The van der Waals surface area contributed by atoms with E-state index in [9.17, 15) is 4.79 Å². The van der Waals surface area contributed by atoms with Gasteiger partial charge in [-0.1, -0.05) is 0 Å². The van der Waals surface area contributed by atoms with Crippen LogP contribution in [-0.2, 0) is 4.74 Å². The molecule has 17 heavy (non-hydrogen) atoms. The Kier molecular flexibility index (Phi) is 3.38. The van der Waals surface area contributed by atoms with Crippen molar-refractivity contribution in [3.63, 3.8) is 0 Å². The first kappa shape index (κ1) is 12.4. The third-order valence-corrected chi connectivity index (χ3v) is 3.81. The maximum absolute atomic E-state index is 11.7. The highest BCUT2D eigenvalue weighted by Crippen LogP contribution is 2.42. The topological polar surface area (TPSA) is 51.2 Å². The van der Waals surface area contributed by atoms with E-state index in [0.29, 0.717) is 18.2 Å². The van der Waals surface area contributed by atoms with Gasteiger partial charge >= 0.3 is 5.97 Å². The summed E-state index contributed by atoms with van der Waals surface area (Å²) >= 11 is 1.45. The predicted molar refractivity (Wildman–Crippen MR) is 68.5 cm³/mol. The largest absolute Gasteiger partial charge is 0.461 e. The molecular weight excluding hydrogens is 236 g/mol. The standard InChI is InChI=1S/C12H18N2O2S/c1-4-16-11(15)9-10(17-7-13-9)14-12(2,3)8-5-6-8/h7-8,14H,4-6H2,1-3H3. The van der Waals surface area contributed by atoms with Crippen molar-refractivity contribution in [2.75, 3.05) is 11.9 Å². The number of carbonyl (C=O) groups excluding carboxylic acids is 1. The summed E-state index contributed by atoms with van der Waals surface area (Å²) in [5.41, 5.74) is 2.11. The van der Waals surface area contributed by atoms with Gasteiger partial charge in [-0.15, -0.1) is 11.3 Å². The normalized spacial score (nSPS) is 15.7. The van der Waals surface area contributed by atoms with Gasteiger partial charge in [0.05, 0.1) is 12.1 Å². The average molecular weight is 254 g/mol. The first-order valence-electron chi connectivity index (χ1n) is 5.93. The molecule has 1 aromatic heterocycles. The molecule has 1 fully saturated rings. The van der Waals surface area contributed by atoms with Gasteiger partial charge in [0.25, 0.3) is 0 Å². The molecule has 1 aliphatic carbocycles. The van der Waals surface area contributed by atoms with Gasteiger partial charge in [-0.25, -0.2) is 9.78 Å². The van der Waals surface area contributed by atoms with Crippen LogP contribution in [0.3, 0.4) is 0 Å². The molecule has 4 nitrogen and oxygen atoms in total. The lowest BCUT2D eigenvalue weighted by Crippen LogP contribution is -2.33. The first-order chi connectivity index (χ1) is 8.04. The smallest absolute Gasteiger partial charge is 0.360 e. The SMILES string of the molecule is CCOC(=O)c1ncsc1NC(C)(C)C1CC1. The van der Waals surface area contributed by atoms with Gasteiger partial charge in [0.2, 0.25) is 0 Å². The molecule has 2 rings (SSSR count). The second kappa shape index (κ2) is 4.64. The van der Waals surface area contributed by atoms with Crippen LogP contribution in [0.1, 0.15) is 44.1 Å². The molecule has 1 heterocycles. The quantitative estimate of drug-likeness (QED) is 0.821. The molecule has 1 saturated carbocycles. The first-order valence-corrected chi connectivity index (χ1v) is 6.81. The highest BCUT2D eigenvalue weighted by Gasteiger charge is 2.38. The highest BCUT2D eigenvalue weighted by atomic mass is 32.1. The Morgan fingerprint density at radius 1 is 1.65 bits per heavy atom. The van der Waals surface area contributed by atoms with Gasteiger partial charge in [0.1, 0.15) is 5.00 Å². The van der Waals surface area contributed by atoms with Crippen LogP contribution >= 0.6 is 11.3 Å². The minimum Gasteiger partial charge on any atom is -0.461 e.